The van der Waals surface area contributed by atoms with Gasteiger partial charge in [-0.1, -0.05) is 30.3 Å². The first-order chi connectivity index (χ1) is 10.6. The van der Waals surface area contributed by atoms with E-state index in [2.05, 4.69) is 10.6 Å². The van der Waals surface area contributed by atoms with Crippen LogP contribution in [0.25, 0.3) is 0 Å². The number of carbonyl (C=O) groups is 1. The van der Waals surface area contributed by atoms with Crippen molar-refractivity contribution in [1.82, 2.24) is 10.6 Å². The maximum atomic E-state index is 12.5. The maximum Gasteiger partial charge on any atom is 0.227 e. The summed E-state index contributed by atoms with van der Waals surface area (Å²) < 4.78 is 0. The van der Waals surface area contributed by atoms with E-state index in [1.165, 1.54) is 0 Å². The fourth-order valence-electron chi connectivity index (χ4n) is 3.42. The standard InChI is InChI=1S/C18H26N2O2.ClH/c1-17(8-5-11-19-12-17)16(22)20-13-18(9-10-18)15(21)14-6-3-2-4-7-14;/h2-4,6-7,15,19,21H,5,8-13H2,1H3,(H,20,22);1H. The van der Waals surface area contributed by atoms with E-state index in [9.17, 15) is 9.90 Å². The first kappa shape index (κ1) is 18.2. The van der Waals surface area contributed by atoms with Crippen molar-refractivity contribution in [2.45, 2.75) is 38.7 Å². The van der Waals surface area contributed by atoms with Gasteiger partial charge in [-0.25, -0.2) is 0 Å². The highest BCUT2D eigenvalue weighted by atomic mass is 35.5. The summed E-state index contributed by atoms with van der Waals surface area (Å²) in [7, 11) is 0. The van der Waals surface area contributed by atoms with Gasteiger partial charge in [0.05, 0.1) is 11.5 Å². The molecule has 3 rings (SSSR count). The van der Waals surface area contributed by atoms with Gasteiger partial charge in [-0.05, 0) is 44.7 Å². The average Bonchev–Trinajstić information content (AvgIpc) is 3.34. The Morgan fingerprint density at radius 1 is 1.30 bits per heavy atom. The third kappa shape index (κ3) is 3.87. The zero-order valence-electron chi connectivity index (χ0n) is 13.7. The van der Waals surface area contributed by atoms with Crippen LogP contribution in [0.4, 0.5) is 0 Å². The van der Waals surface area contributed by atoms with E-state index in [1.54, 1.807) is 0 Å². The zero-order chi connectivity index (χ0) is 15.6. The molecule has 3 N–H and O–H groups in total. The smallest absolute Gasteiger partial charge is 0.227 e. The molecule has 0 radical (unpaired) electrons. The van der Waals surface area contributed by atoms with Gasteiger partial charge in [-0.15, -0.1) is 12.4 Å². The molecule has 2 fully saturated rings. The normalized spacial score (nSPS) is 26.7. The van der Waals surface area contributed by atoms with Crippen molar-refractivity contribution < 1.29 is 9.90 Å². The van der Waals surface area contributed by atoms with Crippen LogP contribution in [0.3, 0.4) is 0 Å². The van der Waals surface area contributed by atoms with Crippen molar-refractivity contribution in [3.8, 4) is 0 Å². The van der Waals surface area contributed by atoms with Crippen LogP contribution in [0.1, 0.15) is 44.3 Å². The fourth-order valence-corrected chi connectivity index (χ4v) is 3.42. The van der Waals surface area contributed by atoms with E-state index in [-0.39, 0.29) is 29.1 Å². The number of aliphatic hydroxyl groups excluding tert-OH is 1. The summed E-state index contributed by atoms with van der Waals surface area (Å²) in [6, 6.07) is 9.76. The molecule has 0 aromatic heterocycles. The predicted octanol–water partition coefficient (Wildman–Crippen LogP) is 2.43. The van der Waals surface area contributed by atoms with Crippen molar-refractivity contribution in [1.29, 1.82) is 0 Å². The number of benzene rings is 1. The Hall–Kier alpha value is -1.10. The van der Waals surface area contributed by atoms with Crippen molar-refractivity contribution in [2.75, 3.05) is 19.6 Å². The molecular weight excluding hydrogens is 312 g/mol. The second kappa shape index (κ2) is 7.20. The van der Waals surface area contributed by atoms with E-state index < -0.39 is 6.10 Å². The third-order valence-corrected chi connectivity index (χ3v) is 5.33. The Labute approximate surface area is 144 Å². The van der Waals surface area contributed by atoms with Crippen LogP contribution < -0.4 is 10.6 Å². The van der Waals surface area contributed by atoms with Crippen LogP contribution in [0, 0.1) is 10.8 Å². The largest absolute Gasteiger partial charge is 0.388 e. The van der Waals surface area contributed by atoms with Gasteiger partial charge in [-0.3, -0.25) is 4.79 Å². The second-order valence-corrected chi connectivity index (χ2v) is 7.20. The molecule has 1 aliphatic carbocycles. The average molecular weight is 339 g/mol. The number of aliphatic hydroxyl groups is 1. The zero-order valence-corrected chi connectivity index (χ0v) is 14.5. The molecule has 1 amide bonds. The van der Waals surface area contributed by atoms with Crippen molar-refractivity contribution in [3.05, 3.63) is 35.9 Å². The molecule has 128 valence electrons. The van der Waals surface area contributed by atoms with Gasteiger partial charge < -0.3 is 15.7 Å². The molecular formula is C18H27ClN2O2. The first-order valence-corrected chi connectivity index (χ1v) is 8.28. The Morgan fingerprint density at radius 2 is 2.00 bits per heavy atom. The monoisotopic (exact) mass is 338 g/mol. The molecule has 0 bridgehead atoms. The van der Waals surface area contributed by atoms with Crippen LogP contribution in [-0.2, 0) is 4.79 Å². The molecule has 2 unspecified atom stereocenters. The van der Waals surface area contributed by atoms with Crippen LogP contribution in [0.15, 0.2) is 30.3 Å². The number of hydrogen-bond acceptors (Lipinski definition) is 3. The van der Waals surface area contributed by atoms with E-state index >= 15 is 0 Å². The van der Waals surface area contributed by atoms with E-state index in [0.717, 1.165) is 44.3 Å². The number of halogens is 1. The minimum absolute atomic E-state index is 0. The van der Waals surface area contributed by atoms with Crippen LogP contribution >= 0.6 is 12.4 Å². The maximum absolute atomic E-state index is 12.5. The lowest BCUT2D eigenvalue weighted by Gasteiger charge is -2.33. The Bertz CT molecular complexity index is 525. The Balaban J connectivity index is 0.00000192. The van der Waals surface area contributed by atoms with Crippen molar-refractivity contribution >= 4 is 18.3 Å². The van der Waals surface area contributed by atoms with Gasteiger partial charge in [0.2, 0.25) is 5.91 Å². The lowest BCUT2D eigenvalue weighted by molar-refractivity contribution is -0.131. The fraction of sp³-hybridized carbons (Fsp3) is 0.611. The van der Waals surface area contributed by atoms with Gasteiger partial charge in [-0.2, -0.15) is 0 Å². The highest BCUT2D eigenvalue weighted by Crippen LogP contribution is 2.54. The lowest BCUT2D eigenvalue weighted by atomic mass is 9.81. The van der Waals surface area contributed by atoms with Gasteiger partial charge in [0.1, 0.15) is 0 Å². The Morgan fingerprint density at radius 3 is 2.57 bits per heavy atom. The number of nitrogens with one attached hydrogen (secondary N) is 2. The van der Waals surface area contributed by atoms with Crippen LogP contribution in [0.5, 0.6) is 0 Å². The molecule has 4 nitrogen and oxygen atoms in total. The number of hydrogen-bond donors (Lipinski definition) is 3. The Kier molecular flexibility index (Phi) is 5.71. The summed E-state index contributed by atoms with van der Waals surface area (Å²) in [5, 5.41) is 17.0. The first-order valence-electron chi connectivity index (χ1n) is 8.28. The minimum atomic E-state index is -0.494. The molecule has 1 aromatic rings. The number of amides is 1. The third-order valence-electron chi connectivity index (χ3n) is 5.33. The highest BCUT2D eigenvalue weighted by Gasteiger charge is 2.50. The second-order valence-electron chi connectivity index (χ2n) is 7.20. The van der Waals surface area contributed by atoms with Gasteiger partial charge >= 0.3 is 0 Å². The van der Waals surface area contributed by atoms with Crippen LogP contribution in [-0.4, -0.2) is 30.6 Å². The molecule has 1 saturated carbocycles. The number of carbonyl (C=O) groups excluding carboxylic acids is 1. The molecule has 5 heteroatoms. The molecule has 23 heavy (non-hydrogen) atoms. The number of rotatable bonds is 5. The van der Waals surface area contributed by atoms with Gasteiger partial charge in [0.15, 0.2) is 0 Å². The topological polar surface area (TPSA) is 61.4 Å². The van der Waals surface area contributed by atoms with Gasteiger partial charge in [0.25, 0.3) is 0 Å². The summed E-state index contributed by atoms with van der Waals surface area (Å²) in [5.41, 5.74) is 0.460. The summed E-state index contributed by atoms with van der Waals surface area (Å²) in [5.74, 6) is 0.117. The summed E-state index contributed by atoms with van der Waals surface area (Å²) in [6.45, 7) is 4.34. The predicted molar refractivity (Wildman–Crippen MR) is 93.5 cm³/mol. The van der Waals surface area contributed by atoms with Crippen LogP contribution in [0.2, 0.25) is 0 Å². The summed E-state index contributed by atoms with van der Waals surface area (Å²) >= 11 is 0. The summed E-state index contributed by atoms with van der Waals surface area (Å²) in [4.78, 5) is 12.5. The molecule has 1 aliphatic heterocycles. The quantitative estimate of drug-likeness (QED) is 0.772. The lowest BCUT2D eigenvalue weighted by Crippen LogP contribution is -2.50. The molecule has 2 aliphatic rings. The summed E-state index contributed by atoms with van der Waals surface area (Å²) in [6.07, 6.45) is 3.42. The molecule has 2 atom stereocenters. The minimum Gasteiger partial charge on any atom is -0.388 e. The molecule has 1 saturated heterocycles. The van der Waals surface area contributed by atoms with E-state index in [4.69, 9.17) is 0 Å². The number of piperidine rings is 1. The SMILES string of the molecule is CC1(C(=O)NCC2(C(O)c3ccccc3)CC2)CCCNC1.Cl. The molecule has 1 heterocycles. The van der Waals surface area contributed by atoms with Crippen molar-refractivity contribution in [3.63, 3.8) is 0 Å². The van der Waals surface area contributed by atoms with Crippen molar-refractivity contribution in [2.24, 2.45) is 10.8 Å². The molecule has 0 spiro atoms. The highest BCUT2D eigenvalue weighted by molar-refractivity contribution is 5.85. The van der Waals surface area contributed by atoms with E-state index in [0.29, 0.717) is 6.54 Å². The molecule has 1 aromatic carbocycles. The van der Waals surface area contributed by atoms with E-state index in [1.807, 2.05) is 37.3 Å². The van der Waals surface area contributed by atoms with Gasteiger partial charge in [0, 0.05) is 18.5 Å².